The molecule has 0 amide bonds. The van der Waals surface area contributed by atoms with Gasteiger partial charge in [-0.15, -0.1) is 0 Å². The van der Waals surface area contributed by atoms with Crippen molar-refractivity contribution in [3.05, 3.63) is 30.1 Å². The molecule has 4 heteroatoms. The zero-order chi connectivity index (χ0) is 9.26. The Hall–Kier alpha value is -1.39. The van der Waals surface area contributed by atoms with E-state index < -0.39 is 0 Å². The molecule has 0 saturated heterocycles. The maximum atomic E-state index is 8.82. The molecule has 14 heavy (non-hydrogen) atoms. The van der Waals surface area contributed by atoms with Crippen molar-refractivity contribution in [2.45, 2.75) is 6.42 Å². The van der Waals surface area contributed by atoms with E-state index >= 15 is 0 Å². The van der Waals surface area contributed by atoms with Gasteiger partial charge in [0, 0.05) is 13.5 Å². The van der Waals surface area contributed by atoms with E-state index in [1.54, 1.807) is 0 Å². The minimum absolute atomic E-state index is 0. The van der Waals surface area contributed by atoms with Crippen molar-refractivity contribution in [2.75, 3.05) is 6.61 Å². The summed E-state index contributed by atoms with van der Waals surface area (Å²) in [5.41, 5.74) is 2.11. The first-order chi connectivity index (χ1) is 6.33. The van der Waals surface area contributed by atoms with Crippen LogP contribution in [0.15, 0.2) is 24.3 Å². The lowest BCUT2D eigenvalue weighted by Gasteiger charge is -1.98. The van der Waals surface area contributed by atoms with E-state index in [0.29, 0.717) is 6.42 Å². The Balaban J connectivity index is 0.000000980. The second-order valence-corrected chi connectivity index (χ2v) is 3.05. The van der Waals surface area contributed by atoms with Gasteiger partial charge in [0.25, 0.3) is 0 Å². The van der Waals surface area contributed by atoms with E-state index in [1.165, 1.54) is 0 Å². The van der Waals surface area contributed by atoms with Crippen LogP contribution in [0, 0.1) is 0 Å². The average Bonchev–Trinajstić information content (AvgIpc) is 2.46. The lowest BCUT2D eigenvalue weighted by atomic mass is 10.3. The fourth-order valence-corrected chi connectivity index (χ4v) is 1.52. The number of aromatic nitrogens is 2. The lowest BCUT2D eigenvalue weighted by molar-refractivity contribution is 0.295. The van der Waals surface area contributed by atoms with E-state index in [2.05, 4.69) is 4.98 Å². The van der Waals surface area contributed by atoms with Crippen LogP contribution in [0.4, 0.5) is 0 Å². The molecule has 1 heterocycles. The fourth-order valence-electron chi connectivity index (χ4n) is 1.52. The van der Waals surface area contributed by atoms with Crippen molar-refractivity contribution < 1.29 is 10.6 Å². The van der Waals surface area contributed by atoms with Crippen LogP contribution < -0.4 is 0 Å². The predicted octanol–water partition coefficient (Wildman–Crippen LogP) is 0.283. The van der Waals surface area contributed by atoms with Gasteiger partial charge in [0.05, 0.1) is 17.6 Å². The number of hydrogen-bond acceptors (Lipinski definition) is 2. The molecule has 1 aromatic carbocycles. The number of fused-ring (bicyclic) bond motifs is 1. The lowest BCUT2D eigenvalue weighted by Crippen LogP contribution is -2.00. The molecule has 0 aliphatic rings. The highest BCUT2D eigenvalue weighted by atomic mass is 16.3. The molecule has 0 bridgehead atoms. The Morgan fingerprint density at radius 2 is 2.07 bits per heavy atom. The summed E-state index contributed by atoms with van der Waals surface area (Å²) in [6.07, 6.45) is 0.616. The van der Waals surface area contributed by atoms with Crippen LogP contribution in [0.3, 0.4) is 0 Å². The first-order valence-electron chi connectivity index (χ1n) is 4.34. The van der Waals surface area contributed by atoms with Crippen LogP contribution in [-0.4, -0.2) is 26.7 Å². The summed E-state index contributed by atoms with van der Waals surface area (Å²) < 4.78 is 2.02. The second kappa shape index (κ2) is 4.21. The normalized spacial score (nSPS) is 10.1. The third-order valence-corrected chi connectivity index (χ3v) is 2.22. The van der Waals surface area contributed by atoms with E-state index in [-0.39, 0.29) is 12.1 Å². The zero-order valence-corrected chi connectivity index (χ0v) is 8.07. The highest BCUT2D eigenvalue weighted by molar-refractivity contribution is 5.75. The van der Waals surface area contributed by atoms with Crippen LogP contribution in [-0.2, 0) is 13.5 Å². The number of para-hydroxylation sites is 2. The van der Waals surface area contributed by atoms with E-state index in [4.69, 9.17) is 5.11 Å². The Kier molecular flexibility index (Phi) is 3.22. The summed E-state index contributed by atoms with van der Waals surface area (Å²) >= 11 is 0. The van der Waals surface area contributed by atoms with Gasteiger partial charge < -0.3 is 15.1 Å². The summed E-state index contributed by atoms with van der Waals surface area (Å²) in [7, 11) is 1.97. The van der Waals surface area contributed by atoms with Gasteiger partial charge in [-0.1, -0.05) is 12.1 Å². The average molecular weight is 194 g/mol. The van der Waals surface area contributed by atoms with Crippen LogP contribution in [0.2, 0.25) is 0 Å². The molecule has 0 saturated carbocycles. The number of hydrogen-bond donors (Lipinski definition) is 1. The number of imidazole rings is 1. The number of aliphatic hydroxyl groups is 1. The number of nitrogens with zero attached hydrogens (tertiary/aromatic N) is 2. The number of aliphatic hydroxyl groups excluding tert-OH is 1. The summed E-state index contributed by atoms with van der Waals surface area (Å²) in [6.45, 7) is 0.150. The van der Waals surface area contributed by atoms with E-state index in [9.17, 15) is 0 Å². The minimum Gasteiger partial charge on any atom is -0.412 e. The van der Waals surface area contributed by atoms with Gasteiger partial charge in [-0.25, -0.2) is 4.98 Å². The summed E-state index contributed by atoms with van der Waals surface area (Å²) in [5.74, 6) is 0.934. The van der Waals surface area contributed by atoms with Gasteiger partial charge in [0.1, 0.15) is 5.82 Å². The molecule has 76 valence electrons. The zero-order valence-electron chi connectivity index (χ0n) is 8.07. The monoisotopic (exact) mass is 194 g/mol. The molecule has 4 nitrogen and oxygen atoms in total. The van der Waals surface area contributed by atoms with Crippen LogP contribution in [0.25, 0.3) is 11.0 Å². The van der Waals surface area contributed by atoms with Crippen molar-refractivity contribution in [3.8, 4) is 0 Å². The van der Waals surface area contributed by atoms with E-state index in [0.717, 1.165) is 16.9 Å². The van der Waals surface area contributed by atoms with Crippen molar-refractivity contribution in [1.82, 2.24) is 9.55 Å². The predicted molar refractivity (Wildman–Crippen MR) is 55.1 cm³/mol. The van der Waals surface area contributed by atoms with Crippen LogP contribution in [0.1, 0.15) is 5.82 Å². The van der Waals surface area contributed by atoms with Gasteiger partial charge in [-0.05, 0) is 12.1 Å². The maximum Gasteiger partial charge on any atom is 0.111 e. The van der Waals surface area contributed by atoms with E-state index in [1.807, 2.05) is 35.9 Å². The molecule has 2 rings (SSSR count). The van der Waals surface area contributed by atoms with Gasteiger partial charge in [-0.3, -0.25) is 0 Å². The Labute approximate surface area is 82.1 Å². The minimum atomic E-state index is 0. The second-order valence-electron chi connectivity index (χ2n) is 3.05. The molecule has 0 unspecified atom stereocenters. The third kappa shape index (κ3) is 1.62. The van der Waals surface area contributed by atoms with Gasteiger partial charge in [0.2, 0.25) is 0 Å². The number of benzene rings is 1. The van der Waals surface area contributed by atoms with Crippen LogP contribution >= 0.6 is 0 Å². The molecule has 0 radical (unpaired) electrons. The highest BCUT2D eigenvalue weighted by Gasteiger charge is 2.04. The Morgan fingerprint density at radius 1 is 1.36 bits per heavy atom. The molecule has 0 atom stereocenters. The summed E-state index contributed by atoms with van der Waals surface area (Å²) in [5, 5.41) is 8.82. The third-order valence-electron chi connectivity index (χ3n) is 2.22. The quantitative estimate of drug-likeness (QED) is 0.746. The SMILES string of the molecule is Cn1c(CCO)nc2ccccc21.O. The first-order valence-corrected chi connectivity index (χ1v) is 4.34. The molecule has 1 aromatic heterocycles. The maximum absolute atomic E-state index is 8.82. The first kappa shape index (κ1) is 10.7. The van der Waals surface area contributed by atoms with Crippen LogP contribution in [0.5, 0.6) is 0 Å². The van der Waals surface area contributed by atoms with Gasteiger partial charge in [-0.2, -0.15) is 0 Å². The van der Waals surface area contributed by atoms with Gasteiger partial charge >= 0.3 is 0 Å². The summed E-state index contributed by atoms with van der Waals surface area (Å²) in [4.78, 5) is 4.40. The molecule has 2 aromatic rings. The molecule has 0 spiro atoms. The fraction of sp³-hybridized carbons (Fsp3) is 0.300. The highest BCUT2D eigenvalue weighted by Crippen LogP contribution is 2.13. The van der Waals surface area contributed by atoms with Crippen molar-refractivity contribution in [2.24, 2.45) is 7.05 Å². The standard InChI is InChI=1S/C10H12N2O.H2O/c1-12-9-5-3-2-4-8(9)11-10(12)6-7-13;/h2-5,13H,6-7H2,1H3;1H2. The summed E-state index contributed by atoms with van der Waals surface area (Å²) in [6, 6.07) is 7.98. The van der Waals surface area contributed by atoms with Crippen molar-refractivity contribution >= 4 is 11.0 Å². The molecular formula is C10H14N2O2. The largest absolute Gasteiger partial charge is 0.412 e. The molecular weight excluding hydrogens is 180 g/mol. The molecule has 3 N–H and O–H groups in total. The molecule has 0 aliphatic carbocycles. The number of rotatable bonds is 2. The smallest absolute Gasteiger partial charge is 0.111 e. The van der Waals surface area contributed by atoms with Gasteiger partial charge in [0.15, 0.2) is 0 Å². The topological polar surface area (TPSA) is 69.5 Å². The Morgan fingerprint density at radius 3 is 2.71 bits per heavy atom. The molecule has 0 aliphatic heterocycles. The Bertz CT molecular complexity index is 423. The molecule has 0 fully saturated rings. The number of aryl methyl sites for hydroxylation is 1. The van der Waals surface area contributed by atoms with Crippen molar-refractivity contribution in [3.63, 3.8) is 0 Å². The van der Waals surface area contributed by atoms with Crippen molar-refractivity contribution in [1.29, 1.82) is 0 Å².